The van der Waals surface area contributed by atoms with Gasteiger partial charge in [-0.3, -0.25) is 4.57 Å². The lowest BCUT2D eigenvalue weighted by atomic mass is 10.2. The van der Waals surface area contributed by atoms with Crippen molar-refractivity contribution in [2.45, 2.75) is 0 Å². The summed E-state index contributed by atoms with van der Waals surface area (Å²) in [6.45, 7) is 1.45. The summed E-state index contributed by atoms with van der Waals surface area (Å²) >= 11 is 11.7. The number of imidazole rings is 1. The Morgan fingerprint density at radius 2 is 1.72 bits per heavy atom. The lowest BCUT2D eigenvalue weighted by Gasteiger charge is -2.23. The van der Waals surface area contributed by atoms with Gasteiger partial charge in [0.1, 0.15) is 6.33 Å². The molecule has 0 aliphatic carbocycles. The smallest absolute Gasteiger partial charge is 0.331 e. The number of carbonyl (C=O) groups is 1. The Bertz CT molecular complexity index is 842. The molecule has 0 radical (unpaired) electrons. The SMILES string of the molecule is O=C(Nc1ccc(N(CCCl)CCCl)cc1)n1cnc2ccccc21. The molecule has 0 bridgehead atoms. The third kappa shape index (κ3) is 4.06. The normalized spacial score (nSPS) is 10.8. The highest BCUT2D eigenvalue weighted by molar-refractivity contribution is 6.18. The van der Waals surface area contributed by atoms with E-state index in [1.54, 1.807) is 0 Å². The second kappa shape index (κ2) is 8.23. The first-order valence-electron chi connectivity index (χ1n) is 7.93. The van der Waals surface area contributed by atoms with Crippen molar-refractivity contribution in [3.63, 3.8) is 0 Å². The Labute approximate surface area is 156 Å². The van der Waals surface area contributed by atoms with E-state index in [-0.39, 0.29) is 6.03 Å². The summed E-state index contributed by atoms with van der Waals surface area (Å²) in [5, 5.41) is 2.88. The fourth-order valence-electron chi connectivity index (χ4n) is 2.63. The minimum atomic E-state index is -0.250. The molecule has 2 aromatic carbocycles. The van der Waals surface area contributed by atoms with Gasteiger partial charge >= 0.3 is 6.03 Å². The van der Waals surface area contributed by atoms with Gasteiger partial charge in [0.15, 0.2) is 0 Å². The van der Waals surface area contributed by atoms with Crippen molar-refractivity contribution in [1.29, 1.82) is 0 Å². The second-order valence-corrected chi connectivity index (χ2v) is 6.20. The highest BCUT2D eigenvalue weighted by Crippen LogP contribution is 2.19. The number of nitrogens with one attached hydrogen (secondary N) is 1. The molecule has 0 aliphatic heterocycles. The number of hydrogen-bond acceptors (Lipinski definition) is 3. The second-order valence-electron chi connectivity index (χ2n) is 5.45. The Hall–Kier alpha value is -2.24. The highest BCUT2D eigenvalue weighted by atomic mass is 35.5. The van der Waals surface area contributed by atoms with Crippen molar-refractivity contribution in [2.24, 2.45) is 0 Å². The maximum atomic E-state index is 12.5. The Balaban J connectivity index is 1.73. The first-order valence-corrected chi connectivity index (χ1v) is 9.00. The van der Waals surface area contributed by atoms with E-state index in [1.165, 1.54) is 10.9 Å². The average Bonchev–Trinajstić information content (AvgIpc) is 3.06. The topological polar surface area (TPSA) is 50.2 Å². The fourth-order valence-corrected chi connectivity index (χ4v) is 3.04. The van der Waals surface area contributed by atoms with Gasteiger partial charge in [-0.15, -0.1) is 23.2 Å². The van der Waals surface area contributed by atoms with E-state index in [4.69, 9.17) is 23.2 Å². The lowest BCUT2D eigenvalue weighted by Crippen LogP contribution is -2.27. The van der Waals surface area contributed by atoms with Crippen molar-refractivity contribution in [2.75, 3.05) is 35.1 Å². The summed E-state index contributed by atoms with van der Waals surface area (Å²) in [6, 6.07) is 14.9. The van der Waals surface area contributed by atoms with Gasteiger partial charge in [-0.2, -0.15) is 0 Å². The number of hydrogen-bond donors (Lipinski definition) is 1. The molecule has 3 aromatic rings. The molecule has 0 aliphatic rings. The van der Waals surface area contributed by atoms with Crippen molar-refractivity contribution >= 4 is 51.6 Å². The van der Waals surface area contributed by atoms with E-state index >= 15 is 0 Å². The molecule has 25 heavy (non-hydrogen) atoms. The highest BCUT2D eigenvalue weighted by Gasteiger charge is 2.10. The van der Waals surface area contributed by atoms with Gasteiger partial charge in [-0.1, -0.05) is 12.1 Å². The number of alkyl halides is 2. The van der Waals surface area contributed by atoms with Gasteiger partial charge in [-0.05, 0) is 36.4 Å². The molecule has 1 heterocycles. The summed E-state index contributed by atoms with van der Waals surface area (Å²) in [5.41, 5.74) is 3.29. The first-order chi connectivity index (χ1) is 12.2. The quantitative estimate of drug-likeness (QED) is 0.648. The molecule has 0 spiro atoms. The van der Waals surface area contributed by atoms with Crippen LogP contribution in [-0.2, 0) is 0 Å². The first kappa shape index (κ1) is 17.6. The maximum Gasteiger partial charge on any atom is 0.331 e. The zero-order valence-electron chi connectivity index (χ0n) is 13.5. The monoisotopic (exact) mass is 376 g/mol. The van der Waals surface area contributed by atoms with E-state index in [9.17, 15) is 4.79 Å². The summed E-state index contributed by atoms with van der Waals surface area (Å²) in [6.07, 6.45) is 1.52. The van der Waals surface area contributed by atoms with Crippen LogP contribution < -0.4 is 10.2 Å². The summed E-state index contributed by atoms with van der Waals surface area (Å²) < 4.78 is 1.50. The molecule has 0 fully saturated rings. The van der Waals surface area contributed by atoms with Crippen molar-refractivity contribution < 1.29 is 4.79 Å². The standard InChI is InChI=1S/C18H18Cl2N4O/c19-9-11-23(12-10-20)15-7-5-14(6-8-15)22-18(25)24-13-21-16-3-1-2-4-17(16)24/h1-8,13H,9-12H2,(H,22,25). The Kier molecular flexibility index (Phi) is 5.79. The fraction of sp³-hybridized carbons (Fsp3) is 0.222. The lowest BCUT2D eigenvalue weighted by molar-refractivity contribution is 0.254. The van der Waals surface area contributed by atoms with Crippen LogP contribution in [0.3, 0.4) is 0 Å². The molecule has 1 N–H and O–H groups in total. The largest absolute Gasteiger partial charge is 0.369 e. The van der Waals surface area contributed by atoms with Gasteiger partial charge in [0.05, 0.1) is 11.0 Å². The summed E-state index contributed by atoms with van der Waals surface area (Å²) in [5.74, 6) is 1.06. The van der Waals surface area contributed by atoms with Crippen LogP contribution >= 0.6 is 23.2 Å². The van der Waals surface area contributed by atoms with Crippen LogP contribution in [0.5, 0.6) is 0 Å². The van der Waals surface area contributed by atoms with Crippen LogP contribution in [0.4, 0.5) is 16.2 Å². The van der Waals surface area contributed by atoms with Crippen molar-refractivity contribution in [3.8, 4) is 0 Å². The summed E-state index contributed by atoms with van der Waals surface area (Å²) in [4.78, 5) is 18.8. The molecule has 7 heteroatoms. The predicted octanol–water partition coefficient (Wildman–Crippen LogP) is 4.40. The number of rotatable bonds is 6. The Morgan fingerprint density at radius 3 is 2.40 bits per heavy atom. The van der Waals surface area contributed by atoms with Gasteiger partial charge in [-0.25, -0.2) is 9.78 Å². The molecule has 1 aromatic heterocycles. The third-order valence-corrected chi connectivity index (χ3v) is 4.20. The number of fused-ring (bicyclic) bond motifs is 1. The molecule has 5 nitrogen and oxygen atoms in total. The minimum Gasteiger partial charge on any atom is -0.369 e. The molecular weight excluding hydrogens is 359 g/mol. The maximum absolute atomic E-state index is 12.5. The number of benzene rings is 2. The van der Waals surface area contributed by atoms with Gasteiger partial charge in [0.25, 0.3) is 0 Å². The molecule has 0 saturated carbocycles. The Morgan fingerprint density at radius 1 is 1.04 bits per heavy atom. The van der Waals surface area contributed by atoms with Gasteiger partial charge < -0.3 is 10.2 Å². The molecule has 0 unspecified atom stereocenters. The number of aromatic nitrogens is 2. The molecular formula is C18H18Cl2N4O. The van der Waals surface area contributed by atoms with E-state index in [0.717, 1.165) is 29.8 Å². The van der Waals surface area contributed by atoms with Crippen LogP contribution in [-0.4, -0.2) is 40.4 Å². The number of anilines is 2. The van der Waals surface area contributed by atoms with Crippen LogP contribution in [0, 0.1) is 0 Å². The average molecular weight is 377 g/mol. The van der Waals surface area contributed by atoms with Crippen molar-refractivity contribution in [3.05, 3.63) is 54.9 Å². The van der Waals surface area contributed by atoms with Gasteiger partial charge in [0.2, 0.25) is 0 Å². The van der Waals surface area contributed by atoms with Crippen LogP contribution in [0.2, 0.25) is 0 Å². The van der Waals surface area contributed by atoms with E-state index in [2.05, 4.69) is 15.2 Å². The van der Waals surface area contributed by atoms with E-state index in [0.29, 0.717) is 17.4 Å². The zero-order chi connectivity index (χ0) is 17.6. The van der Waals surface area contributed by atoms with Crippen LogP contribution in [0.1, 0.15) is 0 Å². The molecule has 3 rings (SSSR count). The zero-order valence-corrected chi connectivity index (χ0v) is 15.0. The molecule has 130 valence electrons. The number of halogens is 2. The molecule has 0 atom stereocenters. The minimum absolute atomic E-state index is 0.250. The summed E-state index contributed by atoms with van der Waals surface area (Å²) in [7, 11) is 0. The van der Waals surface area contributed by atoms with Crippen molar-refractivity contribution in [1.82, 2.24) is 9.55 Å². The molecule has 1 amide bonds. The predicted molar refractivity (Wildman–Crippen MR) is 104 cm³/mol. The van der Waals surface area contributed by atoms with Gasteiger partial charge in [0, 0.05) is 36.2 Å². The number of para-hydroxylation sites is 2. The number of carbonyl (C=O) groups excluding carboxylic acids is 1. The van der Waals surface area contributed by atoms with Crippen LogP contribution in [0.15, 0.2) is 54.9 Å². The van der Waals surface area contributed by atoms with Crippen LogP contribution in [0.25, 0.3) is 11.0 Å². The molecule has 0 saturated heterocycles. The van der Waals surface area contributed by atoms with E-state index in [1.807, 2.05) is 48.5 Å². The third-order valence-electron chi connectivity index (χ3n) is 3.86. The van der Waals surface area contributed by atoms with E-state index < -0.39 is 0 Å². The number of amides is 1. The number of nitrogens with zero attached hydrogens (tertiary/aromatic N) is 3.